The van der Waals surface area contributed by atoms with Gasteiger partial charge in [-0.05, 0) is 25.8 Å². The van der Waals surface area contributed by atoms with E-state index in [2.05, 4.69) is 15.5 Å². The average Bonchev–Trinajstić information content (AvgIpc) is 3.02. The van der Waals surface area contributed by atoms with Crippen molar-refractivity contribution in [3.05, 3.63) is 45.0 Å². The molecule has 1 aromatic carbocycles. The largest absolute Gasteiger partial charge is 0.270 e. The minimum Gasteiger partial charge on any atom is -0.258 e. The zero-order valence-electron chi connectivity index (χ0n) is 14.0. The van der Waals surface area contributed by atoms with Gasteiger partial charge in [-0.2, -0.15) is 5.10 Å². The summed E-state index contributed by atoms with van der Waals surface area (Å²) in [6.45, 7) is 1.92. The monoisotopic (exact) mass is 376 g/mol. The molecule has 1 heterocycles. The number of nitrogens with zero attached hydrogens (tertiary/aromatic N) is 3. The average molecular weight is 377 g/mol. The van der Waals surface area contributed by atoms with E-state index in [0.29, 0.717) is 10.4 Å². The summed E-state index contributed by atoms with van der Waals surface area (Å²) in [5.41, 5.74) is 4.68. The number of aryl methyl sites for hydroxylation is 1. The molecule has 0 radical (unpaired) electrons. The van der Waals surface area contributed by atoms with E-state index in [9.17, 15) is 10.1 Å². The standard InChI is InChI=1S/C17H20N4O2S2/c1-12-11-24-17(19-12)20-18-10-13-9-14(21(22)23)7-8-16(13)25-15-5-3-2-4-6-15/h7-11,15H,2-6H2,1H3,(H,19,20). The van der Waals surface area contributed by atoms with Crippen LogP contribution in [0.5, 0.6) is 0 Å². The van der Waals surface area contributed by atoms with E-state index in [1.54, 1.807) is 18.3 Å². The van der Waals surface area contributed by atoms with Crippen molar-refractivity contribution < 1.29 is 4.92 Å². The van der Waals surface area contributed by atoms with Crippen molar-refractivity contribution in [2.24, 2.45) is 5.10 Å². The number of thiazole rings is 1. The molecule has 0 spiro atoms. The Morgan fingerprint density at radius 2 is 2.20 bits per heavy atom. The van der Waals surface area contributed by atoms with Gasteiger partial charge in [-0.1, -0.05) is 19.3 Å². The number of benzene rings is 1. The Morgan fingerprint density at radius 3 is 2.88 bits per heavy atom. The van der Waals surface area contributed by atoms with Crippen molar-refractivity contribution in [3.8, 4) is 0 Å². The highest BCUT2D eigenvalue weighted by Crippen LogP contribution is 2.36. The van der Waals surface area contributed by atoms with Crippen molar-refractivity contribution >= 4 is 40.1 Å². The molecule has 1 aliphatic rings. The topological polar surface area (TPSA) is 80.4 Å². The lowest BCUT2D eigenvalue weighted by Gasteiger charge is -2.21. The molecular weight excluding hydrogens is 356 g/mol. The first-order valence-electron chi connectivity index (χ1n) is 8.28. The van der Waals surface area contributed by atoms with Crippen LogP contribution in [0.2, 0.25) is 0 Å². The van der Waals surface area contributed by atoms with Gasteiger partial charge in [0.05, 0.1) is 16.8 Å². The van der Waals surface area contributed by atoms with E-state index in [-0.39, 0.29) is 10.6 Å². The van der Waals surface area contributed by atoms with Crippen LogP contribution in [0.3, 0.4) is 0 Å². The molecule has 6 nitrogen and oxygen atoms in total. The summed E-state index contributed by atoms with van der Waals surface area (Å²) in [5, 5.41) is 18.5. The molecular formula is C17H20N4O2S2. The predicted octanol–water partition coefficient (Wildman–Crippen LogP) is 5.23. The number of thioether (sulfide) groups is 1. The lowest BCUT2D eigenvalue weighted by Crippen LogP contribution is -2.08. The zero-order valence-corrected chi connectivity index (χ0v) is 15.6. The molecule has 0 bridgehead atoms. The lowest BCUT2D eigenvalue weighted by molar-refractivity contribution is -0.384. The van der Waals surface area contributed by atoms with Crippen molar-refractivity contribution in [3.63, 3.8) is 0 Å². The van der Waals surface area contributed by atoms with Gasteiger partial charge >= 0.3 is 0 Å². The second-order valence-corrected chi connectivity index (χ2v) is 8.22. The van der Waals surface area contributed by atoms with Crippen molar-refractivity contribution in [1.82, 2.24) is 4.98 Å². The highest BCUT2D eigenvalue weighted by molar-refractivity contribution is 8.00. The molecule has 8 heteroatoms. The first kappa shape index (κ1) is 17.9. The second-order valence-electron chi connectivity index (χ2n) is 6.02. The zero-order chi connectivity index (χ0) is 17.6. The molecule has 0 atom stereocenters. The molecule has 1 aliphatic carbocycles. The van der Waals surface area contributed by atoms with Gasteiger partial charge in [-0.25, -0.2) is 4.98 Å². The minimum absolute atomic E-state index is 0.0829. The third-order valence-electron chi connectivity index (χ3n) is 4.03. The van der Waals surface area contributed by atoms with Crippen LogP contribution in [0.15, 0.2) is 33.6 Å². The second kappa shape index (κ2) is 8.44. The van der Waals surface area contributed by atoms with Gasteiger partial charge < -0.3 is 0 Å². The quantitative estimate of drug-likeness (QED) is 0.424. The normalized spacial score (nSPS) is 15.6. The first-order valence-corrected chi connectivity index (χ1v) is 10.0. The van der Waals surface area contributed by atoms with Crippen LogP contribution in [0, 0.1) is 17.0 Å². The Bertz CT molecular complexity index is 770. The summed E-state index contributed by atoms with van der Waals surface area (Å²) in [5.74, 6) is 0. The van der Waals surface area contributed by atoms with Crippen LogP contribution in [-0.4, -0.2) is 21.4 Å². The molecule has 1 N–H and O–H groups in total. The van der Waals surface area contributed by atoms with E-state index in [0.717, 1.165) is 16.2 Å². The van der Waals surface area contributed by atoms with E-state index in [1.807, 2.05) is 30.1 Å². The van der Waals surface area contributed by atoms with Gasteiger partial charge in [0.25, 0.3) is 5.69 Å². The summed E-state index contributed by atoms with van der Waals surface area (Å²) in [7, 11) is 0. The summed E-state index contributed by atoms with van der Waals surface area (Å²) >= 11 is 3.28. The lowest BCUT2D eigenvalue weighted by atomic mass is 10.0. The fourth-order valence-electron chi connectivity index (χ4n) is 2.78. The molecule has 0 aliphatic heterocycles. The van der Waals surface area contributed by atoms with Gasteiger partial charge in [-0.3, -0.25) is 15.5 Å². The Labute approximate surface area is 154 Å². The SMILES string of the molecule is Cc1csc(NN=Cc2cc([N+](=O)[O-])ccc2SC2CCCCC2)n1. The van der Waals surface area contributed by atoms with Gasteiger partial charge in [0, 0.05) is 33.2 Å². The highest BCUT2D eigenvalue weighted by Gasteiger charge is 2.17. The number of nitrogens with one attached hydrogen (secondary N) is 1. The minimum atomic E-state index is -0.371. The number of non-ortho nitro benzene ring substituents is 1. The molecule has 1 fully saturated rings. The Hall–Kier alpha value is -1.93. The smallest absolute Gasteiger partial charge is 0.258 e. The third kappa shape index (κ3) is 5.02. The molecule has 0 amide bonds. The van der Waals surface area contributed by atoms with Gasteiger partial charge in [0.15, 0.2) is 0 Å². The van der Waals surface area contributed by atoms with Crippen molar-refractivity contribution in [2.75, 3.05) is 5.43 Å². The highest BCUT2D eigenvalue weighted by atomic mass is 32.2. The Morgan fingerprint density at radius 1 is 1.40 bits per heavy atom. The Kier molecular flexibility index (Phi) is 6.04. The van der Waals surface area contributed by atoms with Crippen LogP contribution in [-0.2, 0) is 0 Å². The maximum Gasteiger partial charge on any atom is 0.270 e. The summed E-state index contributed by atoms with van der Waals surface area (Å²) < 4.78 is 0. The van der Waals surface area contributed by atoms with E-state index >= 15 is 0 Å². The fourth-order valence-corrected chi connectivity index (χ4v) is 4.74. The number of hydrogen-bond acceptors (Lipinski definition) is 7. The summed E-state index contributed by atoms with van der Waals surface area (Å²) in [4.78, 5) is 16.0. The maximum atomic E-state index is 11.1. The summed E-state index contributed by atoms with van der Waals surface area (Å²) in [6, 6.07) is 5.00. The number of nitro groups is 1. The molecule has 3 rings (SSSR count). The molecule has 2 aromatic rings. The fraction of sp³-hybridized carbons (Fsp3) is 0.412. The number of rotatable bonds is 6. The third-order valence-corrected chi connectivity index (χ3v) is 6.33. The van der Waals surface area contributed by atoms with Crippen molar-refractivity contribution in [2.45, 2.75) is 49.2 Å². The molecule has 1 aromatic heterocycles. The number of nitro benzene ring substituents is 1. The number of hydrogen-bond donors (Lipinski definition) is 1. The Balaban J connectivity index is 1.77. The van der Waals surface area contributed by atoms with Crippen LogP contribution in [0.25, 0.3) is 0 Å². The van der Waals surface area contributed by atoms with Crippen LogP contribution in [0.4, 0.5) is 10.8 Å². The van der Waals surface area contributed by atoms with Crippen LogP contribution < -0.4 is 5.43 Å². The molecule has 0 saturated heterocycles. The molecule has 25 heavy (non-hydrogen) atoms. The molecule has 0 unspecified atom stereocenters. The van der Waals surface area contributed by atoms with Crippen LogP contribution >= 0.6 is 23.1 Å². The van der Waals surface area contributed by atoms with Crippen molar-refractivity contribution in [1.29, 1.82) is 0 Å². The summed E-state index contributed by atoms with van der Waals surface area (Å²) in [6.07, 6.45) is 7.89. The van der Waals surface area contributed by atoms with E-state index in [1.165, 1.54) is 43.4 Å². The van der Waals surface area contributed by atoms with Gasteiger partial charge in [-0.15, -0.1) is 23.1 Å². The number of anilines is 1. The molecule has 132 valence electrons. The predicted molar refractivity (Wildman–Crippen MR) is 104 cm³/mol. The molecule has 1 saturated carbocycles. The van der Waals surface area contributed by atoms with Crippen LogP contribution in [0.1, 0.15) is 43.4 Å². The maximum absolute atomic E-state index is 11.1. The number of aromatic nitrogens is 1. The van der Waals surface area contributed by atoms with E-state index in [4.69, 9.17) is 0 Å². The first-order chi connectivity index (χ1) is 12.1. The van der Waals surface area contributed by atoms with Gasteiger partial charge in [0.2, 0.25) is 5.13 Å². The van der Waals surface area contributed by atoms with Gasteiger partial charge in [0.1, 0.15) is 0 Å². The number of hydrazone groups is 1. The van der Waals surface area contributed by atoms with E-state index < -0.39 is 0 Å².